The molecule has 2 aromatic heterocycles. The van der Waals surface area contributed by atoms with E-state index < -0.39 is 0 Å². The van der Waals surface area contributed by atoms with E-state index in [0.717, 1.165) is 98.7 Å². The van der Waals surface area contributed by atoms with Gasteiger partial charge in [0.05, 0.1) is 13.2 Å². The summed E-state index contributed by atoms with van der Waals surface area (Å²) < 4.78 is 7.50. The van der Waals surface area contributed by atoms with Crippen LogP contribution in [0, 0.1) is 11.8 Å². The Kier molecular flexibility index (Phi) is 5.99. The van der Waals surface area contributed by atoms with Crippen molar-refractivity contribution in [2.45, 2.75) is 58.0 Å². The molecule has 1 saturated heterocycles. The highest BCUT2D eigenvalue weighted by Crippen LogP contribution is 2.34. The number of hydrogen-bond acceptors (Lipinski definition) is 6. The number of pyridine rings is 1. The number of rotatable bonds is 6. The zero-order chi connectivity index (χ0) is 23.1. The molecule has 0 unspecified atom stereocenters. The number of nitrogens with zero attached hydrogens (tertiary/aromatic N) is 4. The highest BCUT2D eigenvalue weighted by Gasteiger charge is 2.25. The first-order valence-corrected chi connectivity index (χ1v) is 13.0. The van der Waals surface area contributed by atoms with Crippen molar-refractivity contribution in [3.05, 3.63) is 40.3 Å². The minimum atomic E-state index is 0.0951. The number of ether oxygens (including phenoxy) is 1. The Hall–Kier alpha value is -2.51. The highest BCUT2D eigenvalue weighted by atomic mass is 16.5. The van der Waals surface area contributed by atoms with Gasteiger partial charge in [0.25, 0.3) is 5.56 Å². The molecule has 2 saturated carbocycles. The molecule has 3 heterocycles. The van der Waals surface area contributed by atoms with Crippen LogP contribution in [0.1, 0.15) is 57.1 Å². The van der Waals surface area contributed by atoms with Crippen LogP contribution in [0.25, 0.3) is 21.8 Å². The lowest BCUT2D eigenvalue weighted by Crippen LogP contribution is -2.35. The van der Waals surface area contributed by atoms with Crippen LogP contribution in [0.5, 0.6) is 0 Å². The predicted molar refractivity (Wildman–Crippen MR) is 135 cm³/mol. The maximum absolute atomic E-state index is 14.0. The van der Waals surface area contributed by atoms with Gasteiger partial charge in [0.2, 0.25) is 5.95 Å². The Morgan fingerprint density at radius 3 is 2.59 bits per heavy atom. The van der Waals surface area contributed by atoms with Gasteiger partial charge in [0.15, 0.2) is 0 Å². The molecular formula is C27H35N5O2. The number of benzene rings is 1. The Morgan fingerprint density at radius 1 is 1.03 bits per heavy atom. The van der Waals surface area contributed by atoms with Gasteiger partial charge in [-0.3, -0.25) is 14.3 Å². The summed E-state index contributed by atoms with van der Waals surface area (Å²) in [5.74, 6) is 2.10. The van der Waals surface area contributed by atoms with Crippen LogP contribution in [0.2, 0.25) is 0 Å². The van der Waals surface area contributed by atoms with Crippen molar-refractivity contribution in [3.8, 4) is 0 Å². The summed E-state index contributed by atoms with van der Waals surface area (Å²) in [4.78, 5) is 26.0. The van der Waals surface area contributed by atoms with Gasteiger partial charge in [-0.2, -0.15) is 4.98 Å². The first-order valence-electron chi connectivity index (χ1n) is 13.0. The molecule has 3 fully saturated rings. The van der Waals surface area contributed by atoms with E-state index in [9.17, 15) is 4.79 Å². The molecule has 0 radical (unpaired) electrons. The zero-order valence-corrected chi connectivity index (χ0v) is 20.1. The third-order valence-corrected chi connectivity index (χ3v) is 7.93. The molecule has 1 aliphatic heterocycles. The summed E-state index contributed by atoms with van der Waals surface area (Å²) in [6.45, 7) is 7.50. The molecule has 34 heavy (non-hydrogen) atoms. The molecule has 0 spiro atoms. The van der Waals surface area contributed by atoms with Crippen molar-refractivity contribution < 1.29 is 4.74 Å². The molecule has 0 bridgehead atoms. The SMILES string of the molecule is CC1CCC(n2c(=O)c3cc(CN4CCOCC4)ccc3c3cnc(NCC4CC4)nc32)CC1. The second kappa shape index (κ2) is 9.27. The second-order valence-corrected chi connectivity index (χ2v) is 10.6. The van der Waals surface area contributed by atoms with Crippen LogP contribution < -0.4 is 10.9 Å². The normalized spacial score (nSPS) is 24.0. The molecule has 7 heteroatoms. The van der Waals surface area contributed by atoms with E-state index in [-0.39, 0.29) is 11.6 Å². The number of nitrogens with one attached hydrogen (secondary N) is 1. The molecule has 6 rings (SSSR count). The summed E-state index contributed by atoms with van der Waals surface area (Å²) in [6, 6.07) is 6.56. The standard InChI is InChI=1S/C27H35N5O2/c1-18-2-7-21(8-3-18)32-25-24(16-29-27(30-25)28-15-19-4-5-19)22-9-6-20(14-23(22)26(32)33)17-31-10-12-34-13-11-31/h6,9,14,16,18-19,21H,2-5,7-8,10-13,15,17H2,1H3,(H,28,29,30). The number of aromatic nitrogens is 3. The fourth-order valence-electron chi connectivity index (χ4n) is 5.57. The van der Waals surface area contributed by atoms with Crippen molar-refractivity contribution in [1.82, 2.24) is 19.4 Å². The smallest absolute Gasteiger partial charge is 0.260 e. The van der Waals surface area contributed by atoms with Gasteiger partial charge >= 0.3 is 0 Å². The monoisotopic (exact) mass is 461 g/mol. The summed E-state index contributed by atoms with van der Waals surface area (Å²) in [6.07, 6.45) is 8.86. The Bertz CT molecular complexity index is 1240. The topological polar surface area (TPSA) is 72.3 Å². The van der Waals surface area contributed by atoms with Gasteiger partial charge in [-0.15, -0.1) is 0 Å². The average molecular weight is 462 g/mol. The molecule has 7 nitrogen and oxygen atoms in total. The van der Waals surface area contributed by atoms with Crippen molar-refractivity contribution in [3.63, 3.8) is 0 Å². The van der Waals surface area contributed by atoms with Crippen molar-refractivity contribution in [2.24, 2.45) is 11.8 Å². The quantitative estimate of drug-likeness (QED) is 0.550. The minimum absolute atomic E-state index is 0.0951. The number of anilines is 1. The van der Waals surface area contributed by atoms with E-state index in [0.29, 0.717) is 5.95 Å². The number of hydrogen-bond donors (Lipinski definition) is 1. The Morgan fingerprint density at radius 2 is 1.82 bits per heavy atom. The van der Waals surface area contributed by atoms with Crippen LogP contribution in [0.15, 0.2) is 29.2 Å². The van der Waals surface area contributed by atoms with Gasteiger partial charge in [-0.1, -0.05) is 19.1 Å². The fourth-order valence-corrected chi connectivity index (χ4v) is 5.57. The summed E-state index contributed by atoms with van der Waals surface area (Å²) in [5.41, 5.74) is 2.06. The van der Waals surface area contributed by atoms with E-state index in [1.165, 1.54) is 18.4 Å². The highest BCUT2D eigenvalue weighted by molar-refractivity contribution is 6.04. The predicted octanol–water partition coefficient (Wildman–Crippen LogP) is 4.35. The minimum Gasteiger partial charge on any atom is -0.379 e. The first-order chi connectivity index (χ1) is 16.7. The lowest BCUT2D eigenvalue weighted by molar-refractivity contribution is 0.0342. The van der Waals surface area contributed by atoms with Gasteiger partial charge in [0.1, 0.15) is 5.65 Å². The summed E-state index contributed by atoms with van der Waals surface area (Å²) in [7, 11) is 0. The van der Waals surface area contributed by atoms with Crippen molar-refractivity contribution in [1.29, 1.82) is 0 Å². The van der Waals surface area contributed by atoms with E-state index in [4.69, 9.17) is 9.72 Å². The second-order valence-electron chi connectivity index (χ2n) is 10.6. The number of morpholine rings is 1. The Balaban J connectivity index is 1.44. The van der Waals surface area contributed by atoms with Gasteiger partial charge in [-0.05, 0) is 67.4 Å². The van der Waals surface area contributed by atoms with Gasteiger partial charge in [-0.25, -0.2) is 4.98 Å². The molecule has 3 aromatic rings. The lowest BCUT2D eigenvalue weighted by Gasteiger charge is -2.29. The van der Waals surface area contributed by atoms with E-state index in [1.807, 2.05) is 10.8 Å². The Labute approximate surface area is 200 Å². The molecule has 1 N–H and O–H groups in total. The molecule has 0 amide bonds. The third-order valence-electron chi connectivity index (χ3n) is 7.93. The van der Waals surface area contributed by atoms with Crippen LogP contribution in [0.3, 0.4) is 0 Å². The summed E-state index contributed by atoms with van der Waals surface area (Å²) >= 11 is 0. The molecule has 0 atom stereocenters. The third kappa shape index (κ3) is 4.43. The van der Waals surface area contributed by atoms with Crippen molar-refractivity contribution >= 4 is 27.8 Å². The van der Waals surface area contributed by atoms with Gasteiger partial charge < -0.3 is 10.1 Å². The number of fused-ring (bicyclic) bond motifs is 3. The molecule has 180 valence electrons. The zero-order valence-electron chi connectivity index (χ0n) is 20.1. The molecule has 1 aromatic carbocycles. The van der Waals surface area contributed by atoms with Crippen molar-refractivity contribution in [2.75, 3.05) is 38.2 Å². The van der Waals surface area contributed by atoms with Crippen LogP contribution >= 0.6 is 0 Å². The van der Waals surface area contributed by atoms with E-state index >= 15 is 0 Å². The molecule has 2 aliphatic carbocycles. The first kappa shape index (κ1) is 22.0. The largest absolute Gasteiger partial charge is 0.379 e. The molecule has 3 aliphatic rings. The lowest BCUT2D eigenvalue weighted by atomic mass is 9.87. The van der Waals surface area contributed by atoms with Crippen LogP contribution in [-0.2, 0) is 11.3 Å². The van der Waals surface area contributed by atoms with Crippen LogP contribution in [0.4, 0.5) is 5.95 Å². The average Bonchev–Trinajstić information content (AvgIpc) is 3.69. The molecular weight excluding hydrogens is 426 g/mol. The van der Waals surface area contributed by atoms with E-state index in [1.54, 1.807) is 0 Å². The fraction of sp³-hybridized carbons (Fsp3) is 0.593. The maximum atomic E-state index is 14.0. The van der Waals surface area contributed by atoms with Crippen LogP contribution in [-0.4, -0.2) is 52.3 Å². The van der Waals surface area contributed by atoms with E-state index in [2.05, 4.69) is 40.3 Å². The van der Waals surface area contributed by atoms with Gasteiger partial charge in [0, 0.05) is 49.2 Å². The summed E-state index contributed by atoms with van der Waals surface area (Å²) in [5, 5.41) is 6.13. The maximum Gasteiger partial charge on any atom is 0.260 e.